The minimum atomic E-state index is -0.155. The lowest BCUT2D eigenvalue weighted by atomic mass is 10.2. The van der Waals surface area contributed by atoms with Gasteiger partial charge in [-0.2, -0.15) is 0 Å². The number of hydrogen-bond donors (Lipinski definition) is 2. The largest absolute Gasteiger partial charge is 0.397 e. The number of nitrogens with one attached hydrogen (secondary N) is 1. The normalized spacial score (nSPS) is 10.8. The molecule has 0 saturated heterocycles. The van der Waals surface area contributed by atoms with Crippen LogP contribution in [0.2, 0.25) is 0 Å². The molecule has 1 aromatic carbocycles. The van der Waals surface area contributed by atoms with E-state index in [9.17, 15) is 4.79 Å². The topological polar surface area (TPSA) is 60.1 Å². The first-order valence-corrected chi connectivity index (χ1v) is 7.22. The molecule has 4 nitrogen and oxygen atoms in total. The molecule has 1 heterocycles. The highest BCUT2D eigenvalue weighted by atomic mass is 79.9. The van der Waals surface area contributed by atoms with Gasteiger partial charge in [-0.3, -0.25) is 4.79 Å². The van der Waals surface area contributed by atoms with E-state index in [0.717, 1.165) is 15.7 Å². The number of nitrogen functional groups attached to an aromatic ring is 1. The lowest BCUT2D eigenvalue weighted by molar-refractivity contribution is 0.101. The summed E-state index contributed by atoms with van der Waals surface area (Å²) < 4.78 is 2.89. The fraction of sp³-hybridized carbons (Fsp3) is 0.267. The van der Waals surface area contributed by atoms with Crippen LogP contribution in [0, 0.1) is 6.92 Å². The number of benzene rings is 1. The van der Waals surface area contributed by atoms with E-state index < -0.39 is 0 Å². The number of nitrogens with zero attached hydrogens (tertiary/aromatic N) is 1. The molecule has 2 rings (SSSR count). The molecule has 20 heavy (non-hydrogen) atoms. The number of halogens is 1. The number of nitrogens with two attached hydrogens (primary N) is 1. The van der Waals surface area contributed by atoms with Crippen molar-refractivity contribution in [1.29, 1.82) is 0 Å². The number of carbonyl (C=O) groups is 1. The van der Waals surface area contributed by atoms with Crippen LogP contribution in [0.1, 0.15) is 35.9 Å². The van der Waals surface area contributed by atoms with Gasteiger partial charge in [0.05, 0.1) is 5.69 Å². The Hall–Kier alpha value is -1.75. The molecule has 1 aromatic heterocycles. The van der Waals surface area contributed by atoms with Gasteiger partial charge < -0.3 is 15.6 Å². The van der Waals surface area contributed by atoms with Crippen molar-refractivity contribution in [1.82, 2.24) is 4.57 Å². The van der Waals surface area contributed by atoms with E-state index >= 15 is 0 Å². The quantitative estimate of drug-likeness (QED) is 0.891. The summed E-state index contributed by atoms with van der Waals surface area (Å²) >= 11 is 3.44. The highest BCUT2D eigenvalue weighted by molar-refractivity contribution is 9.10. The molecule has 0 aliphatic carbocycles. The third-order valence-electron chi connectivity index (χ3n) is 3.07. The molecule has 0 bridgehead atoms. The first-order chi connectivity index (χ1) is 9.38. The molecule has 0 atom stereocenters. The number of rotatable bonds is 3. The van der Waals surface area contributed by atoms with Crippen LogP contribution in [0.25, 0.3) is 0 Å². The summed E-state index contributed by atoms with van der Waals surface area (Å²) in [6, 6.07) is 7.58. The maximum absolute atomic E-state index is 12.3. The van der Waals surface area contributed by atoms with Crippen molar-refractivity contribution in [3.8, 4) is 0 Å². The Kier molecular flexibility index (Phi) is 4.18. The first kappa shape index (κ1) is 14.7. The maximum atomic E-state index is 12.3. The smallest absolute Gasteiger partial charge is 0.272 e. The van der Waals surface area contributed by atoms with Crippen molar-refractivity contribution < 1.29 is 4.79 Å². The molecule has 0 unspecified atom stereocenters. The summed E-state index contributed by atoms with van der Waals surface area (Å²) in [5, 5.41) is 2.90. The summed E-state index contributed by atoms with van der Waals surface area (Å²) in [5.41, 5.74) is 8.79. The van der Waals surface area contributed by atoms with Crippen LogP contribution < -0.4 is 11.1 Å². The second-order valence-corrected chi connectivity index (χ2v) is 5.93. The number of amides is 1. The molecule has 3 N–H and O–H groups in total. The Morgan fingerprint density at radius 1 is 1.35 bits per heavy atom. The molecule has 0 saturated carbocycles. The molecule has 0 aliphatic heterocycles. The number of carbonyl (C=O) groups excluding carboxylic acids is 1. The summed E-state index contributed by atoms with van der Waals surface area (Å²) in [4.78, 5) is 12.3. The van der Waals surface area contributed by atoms with Crippen molar-refractivity contribution in [2.45, 2.75) is 26.8 Å². The Labute approximate surface area is 127 Å². The standard InChI is InChI=1S/C15H18BrN3O/c1-9(2)19-8-11(17)7-14(19)15(20)18-12-4-5-13(16)10(3)6-12/h4-9H,17H2,1-3H3,(H,18,20). The van der Waals surface area contributed by atoms with E-state index in [4.69, 9.17) is 5.73 Å². The fourth-order valence-corrected chi connectivity index (χ4v) is 2.27. The van der Waals surface area contributed by atoms with Gasteiger partial charge in [0.25, 0.3) is 5.91 Å². The highest BCUT2D eigenvalue weighted by Crippen LogP contribution is 2.22. The van der Waals surface area contributed by atoms with Gasteiger partial charge >= 0.3 is 0 Å². The van der Waals surface area contributed by atoms with Crippen molar-refractivity contribution in [2.24, 2.45) is 0 Å². The summed E-state index contributed by atoms with van der Waals surface area (Å²) in [5.74, 6) is -0.155. The number of aromatic nitrogens is 1. The van der Waals surface area contributed by atoms with E-state index in [0.29, 0.717) is 11.4 Å². The molecule has 5 heteroatoms. The highest BCUT2D eigenvalue weighted by Gasteiger charge is 2.15. The van der Waals surface area contributed by atoms with Crippen molar-refractivity contribution in [3.63, 3.8) is 0 Å². The minimum absolute atomic E-state index is 0.155. The van der Waals surface area contributed by atoms with E-state index in [1.54, 1.807) is 12.3 Å². The predicted octanol–water partition coefficient (Wildman–Crippen LogP) is 3.97. The first-order valence-electron chi connectivity index (χ1n) is 6.43. The van der Waals surface area contributed by atoms with Gasteiger partial charge in [-0.15, -0.1) is 0 Å². The van der Waals surface area contributed by atoms with Crippen LogP contribution >= 0.6 is 15.9 Å². The van der Waals surface area contributed by atoms with Gasteiger partial charge in [-0.05, 0) is 50.6 Å². The second kappa shape index (κ2) is 5.71. The van der Waals surface area contributed by atoms with Gasteiger partial charge in [0, 0.05) is 22.4 Å². The molecule has 0 aliphatic rings. The summed E-state index contributed by atoms with van der Waals surface area (Å²) in [6.07, 6.45) is 1.78. The van der Waals surface area contributed by atoms with Gasteiger partial charge in [0.15, 0.2) is 0 Å². The second-order valence-electron chi connectivity index (χ2n) is 5.08. The molecule has 2 aromatic rings. The zero-order chi connectivity index (χ0) is 14.9. The van der Waals surface area contributed by atoms with Crippen molar-refractivity contribution in [3.05, 3.63) is 46.2 Å². The Balaban J connectivity index is 2.26. The minimum Gasteiger partial charge on any atom is -0.397 e. The maximum Gasteiger partial charge on any atom is 0.272 e. The van der Waals surface area contributed by atoms with Crippen molar-refractivity contribution >= 4 is 33.2 Å². The molecule has 0 radical (unpaired) electrons. The molecule has 106 valence electrons. The van der Waals surface area contributed by atoms with E-state index in [1.807, 2.05) is 43.5 Å². The SMILES string of the molecule is Cc1cc(NC(=O)c2cc(N)cn2C(C)C)ccc1Br. The van der Waals surface area contributed by atoms with Crippen molar-refractivity contribution in [2.75, 3.05) is 11.1 Å². The summed E-state index contributed by atoms with van der Waals surface area (Å²) in [6.45, 7) is 6.01. The zero-order valence-corrected chi connectivity index (χ0v) is 13.4. The lowest BCUT2D eigenvalue weighted by Crippen LogP contribution is -2.17. The van der Waals surface area contributed by atoms with Gasteiger partial charge in [-0.1, -0.05) is 15.9 Å². The van der Waals surface area contributed by atoms with Crippen LogP contribution in [-0.2, 0) is 0 Å². The monoisotopic (exact) mass is 335 g/mol. The van der Waals surface area contributed by atoms with Crippen LogP contribution in [0.3, 0.4) is 0 Å². The lowest BCUT2D eigenvalue weighted by Gasteiger charge is -2.13. The summed E-state index contributed by atoms with van der Waals surface area (Å²) in [7, 11) is 0. The molecular weight excluding hydrogens is 318 g/mol. The molecule has 0 spiro atoms. The van der Waals surface area contributed by atoms with Crippen LogP contribution in [0.15, 0.2) is 34.9 Å². The van der Waals surface area contributed by atoms with E-state index in [1.165, 1.54) is 0 Å². The molecule has 0 fully saturated rings. The number of anilines is 2. The van der Waals surface area contributed by atoms with E-state index in [-0.39, 0.29) is 11.9 Å². The van der Waals surface area contributed by atoms with Crippen LogP contribution in [0.5, 0.6) is 0 Å². The number of hydrogen-bond acceptors (Lipinski definition) is 2. The zero-order valence-electron chi connectivity index (χ0n) is 11.8. The van der Waals surface area contributed by atoms with Gasteiger partial charge in [0.1, 0.15) is 5.69 Å². The molecular formula is C15H18BrN3O. The van der Waals surface area contributed by atoms with E-state index in [2.05, 4.69) is 21.2 Å². The molecule has 1 amide bonds. The number of aryl methyl sites for hydroxylation is 1. The Morgan fingerprint density at radius 2 is 2.05 bits per heavy atom. The Bertz CT molecular complexity index is 647. The fourth-order valence-electron chi connectivity index (χ4n) is 2.03. The Morgan fingerprint density at radius 3 is 2.65 bits per heavy atom. The average molecular weight is 336 g/mol. The van der Waals surface area contributed by atoms with Gasteiger partial charge in [0.2, 0.25) is 0 Å². The predicted molar refractivity (Wildman–Crippen MR) is 86.1 cm³/mol. The van der Waals surface area contributed by atoms with Gasteiger partial charge in [-0.25, -0.2) is 0 Å². The van der Waals surface area contributed by atoms with Crippen LogP contribution in [-0.4, -0.2) is 10.5 Å². The van der Waals surface area contributed by atoms with Crippen LogP contribution in [0.4, 0.5) is 11.4 Å². The third-order valence-corrected chi connectivity index (χ3v) is 3.96. The average Bonchev–Trinajstić information content (AvgIpc) is 2.76. The third kappa shape index (κ3) is 3.04.